The maximum Gasteiger partial charge on any atom is 0.307 e. The highest BCUT2D eigenvalue weighted by atomic mass is 16.4. The summed E-state index contributed by atoms with van der Waals surface area (Å²) in [5, 5.41) is 4.85. The van der Waals surface area contributed by atoms with Gasteiger partial charge in [0.25, 0.3) is 0 Å². The lowest BCUT2D eigenvalue weighted by Crippen LogP contribution is -1.95. The molecule has 3 heterocycles. The first-order valence-electron chi connectivity index (χ1n) is 11.8. The van der Waals surface area contributed by atoms with E-state index >= 15 is 0 Å². The fraction of sp³-hybridized carbons (Fsp3) is 0. The van der Waals surface area contributed by atoms with E-state index in [1.807, 2.05) is 24.3 Å². The molecule has 0 radical (unpaired) electrons. The molecule has 0 aliphatic heterocycles. The first-order valence-corrected chi connectivity index (χ1v) is 11.8. The van der Waals surface area contributed by atoms with Crippen molar-refractivity contribution in [2.45, 2.75) is 0 Å². The number of hydrogen-bond acceptors (Lipinski definition) is 2. The summed E-state index contributed by atoms with van der Waals surface area (Å²) in [6.07, 6.45) is 0. The van der Waals surface area contributed by atoms with Gasteiger partial charge in [0, 0.05) is 27.2 Å². The molecule has 8 aromatic rings. The van der Waals surface area contributed by atoms with E-state index in [0.29, 0.717) is 6.01 Å². The van der Waals surface area contributed by atoms with E-state index in [4.69, 9.17) is 9.40 Å². The van der Waals surface area contributed by atoms with Crippen LogP contribution >= 0.6 is 0 Å². The Labute approximate surface area is 200 Å². The fourth-order valence-corrected chi connectivity index (χ4v) is 5.52. The van der Waals surface area contributed by atoms with Crippen LogP contribution in [-0.4, -0.2) is 14.1 Å². The summed E-state index contributed by atoms with van der Waals surface area (Å²) in [7, 11) is 0. The number of oxazole rings is 1. The smallest absolute Gasteiger partial charge is 0.307 e. The number of benzene rings is 5. The molecule has 0 saturated carbocycles. The number of fused-ring (bicyclic) bond motifs is 8. The zero-order valence-corrected chi connectivity index (χ0v) is 18.7. The quantitative estimate of drug-likeness (QED) is 0.268. The highest BCUT2D eigenvalue weighted by Gasteiger charge is 2.22. The van der Waals surface area contributed by atoms with Crippen molar-refractivity contribution in [2.75, 3.05) is 0 Å². The molecule has 8 rings (SSSR count). The molecule has 0 aliphatic carbocycles. The van der Waals surface area contributed by atoms with E-state index in [1.165, 1.54) is 32.6 Å². The lowest BCUT2D eigenvalue weighted by Gasteiger charge is -2.09. The standard InChI is InChI=1S/C31H19N3O/c1-2-10-20(11-3-1)33-25-15-7-4-12-21(25)22-18-19-27-29(30(22)33)23-13-5-8-16-26(23)34(27)31-32-24-14-6-9-17-28(24)35-31/h1-19H. The van der Waals surface area contributed by atoms with E-state index in [0.717, 1.165) is 27.8 Å². The van der Waals surface area contributed by atoms with Gasteiger partial charge in [0.1, 0.15) is 5.52 Å². The van der Waals surface area contributed by atoms with Gasteiger partial charge in [0.05, 0.1) is 22.1 Å². The van der Waals surface area contributed by atoms with Crippen LogP contribution in [0.15, 0.2) is 120 Å². The van der Waals surface area contributed by atoms with Crippen LogP contribution in [-0.2, 0) is 0 Å². The zero-order chi connectivity index (χ0) is 22.9. The van der Waals surface area contributed by atoms with E-state index in [9.17, 15) is 0 Å². The second-order valence-electron chi connectivity index (χ2n) is 8.86. The van der Waals surface area contributed by atoms with E-state index in [1.54, 1.807) is 0 Å². The molecule has 0 saturated heterocycles. The van der Waals surface area contributed by atoms with Crippen molar-refractivity contribution in [2.24, 2.45) is 0 Å². The molecule has 3 aromatic heterocycles. The molecule has 4 heteroatoms. The molecule has 35 heavy (non-hydrogen) atoms. The third kappa shape index (κ3) is 2.48. The predicted molar refractivity (Wildman–Crippen MR) is 143 cm³/mol. The molecule has 0 aliphatic rings. The van der Waals surface area contributed by atoms with E-state index in [2.05, 4.69) is 100 Å². The van der Waals surface area contributed by atoms with Gasteiger partial charge in [0.15, 0.2) is 5.58 Å². The van der Waals surface area contributed by atoms with Gasteiger partial charge in [-0.2, -0.15) is 4.98 Å². The molecule has 0 unspecified atom stereocenters. The number of hydrogen-bond donors (Lipinski definition) is 0. The minimum Gasteiger partial charge on any atom is -0.423 e. The molecular weight excluding hydrogens is 430 g/mol. The zero-order valence-electron chi connectivity index (χ0n) is 18.7. The Morgan fingerprint density at radius 3 is 2.03 bits per heavy atom. The van der Waals surface area contributed by atoms with Crippen LogP contribution in [0.25, 0.3) is 66.4 Å². The van der Waals surface area contributed by atoms with Crippen molar-refractivity contribution in [3.05, 3.63) is 115 Å². The summed E-state index contributed by atoms with van der Waals surface area (Å²) in [4.78, 5) is 4.85. The maximum absolute atomic E-state index is 6.26. The average Bonchev–Trinajstić information content (AvgIpc) is 3.58. The van der Waals surface area contributed by atoms with Crippen LogP contribution in [0.2, 0.25) is 0 Å². The van der Waals surface area contributed by atoms with Gasteiger partial charge in [0.2, 0.25) is 0 Å². The van der Waals surface area contributed by atoms with Gasteiger partial charge in [-0.1, -0.05) is 72.8 Å². The highest BCUT2D eigenvalue weighted by molar-refractivity contribution is 6.26. The van der Waals surface area contributed by atoms with Crippen molar-refractivity contribution in [3.8, 4) is 11.7 Å². The summed E-state index contributed by atoms with van der Waals surface area (Å²) in [6.45, 7) is 0. The summed E-state index contributed by atoms with van der Waals surface area (Å²) in [6, 6.07) is 40.7. The Kier molecular flexibility index (Phi) is 3.63. The molecule has 0 spiro atoms. The second kappa shape index (κ2) is 6.84. The van der Waals surface area contributed by atoms with Crippen molar-refractivity contribution in [3.63, 3.8) is 0 Å². The monoisotopic (exact) mass is 449 g/mol. The molecule has 4 nitrogen and oxygen atoms in total. The van der Waals surface area contributed by atoms with Crippen LogP contribution in [0.3, 0.4) is 0 Å². The third-order valence-electron chi connectivity index (χ3n) is 6.96. The van der Waals surface area contributed by atoms with Gasteiger partial charge in [-0.05, 0) is 42.5 Å². The van der Waals surface area contributed by atoms with E-state index < -0.39 is 0 Å². The largest absolute Gasteiger partial charge is 0.423 e. The number of nitrogens with zero attached hydrogens (tertiary/aromatic N) is 3. The Morgan fingerprint density at radius 2 is 1.20 bits per heavy atom. The van der Waals surface area contributed by atoms with Gasteiger partial charge < -0.3 is 8.98 Å². The Hall–Kier alpha value is -4.83. The molecule has 164 valence electrons. The maximum atomic E-state index is 6.26. The SMILES string of the molecule is c1ccc(-n2c3ccccc3c3ccc4c(c5ccccc5n4-c4nc5ccccc5o4)c32)cc1. The van der Waals surface area contributed by atoms with Crippen LogP contribution in [0, 0.1) is 0 Å². The molecule has 5 aromatic carbocycles. The summed E-state index contributed by atoms with van der Waals surface area (Å²) >= 11 is 0. The lowest BCUT2D eigenvalue weighted by molar-refractivity contribution is 0.574. The molecule has 0 amide bonds. The first-order chi connectivity index (χ1) is 17.4. The lowest BCUT2D eigenvalue weighted by atomic mass is 10.1. The number of rotatable bonds is 2. The van der Waals surface area contributed by atoms with Crippen molar-refractivity contribution >= 4 is 54.7 Å². The third-order valence-corrected chi connectivity index (χ3v) is 6.96. The van der Waals surface area contributed by atoms with Crippen LogP contribution in [0.5, 0.6) is 0 Å². The number of aromatic nitrogens is 3. The Morgan fingerprint density at radius 1 is 0.514 bits per heavy atom. The fourth-order valence-electron chi connectivity index (χ4n) is 5.52. The minimum absolute atomic E-state index is 0.583. The minimum atomic E-state index is 0.583. The van der Waals surface area contributed by atoms with Crippen LogP contribution in [0.1, 0.15) is 0 Å². The molecule has 0 bridgehead atoms. The topological polar surface area (TPSA) is 35.9 Å². The van der Waals surface area contributed by atoms with Crippen molar-refractivity contribution in [1.29, 1.82) is 0 Å². The van der Waals surface area contributed by atoms with E-state index in [-0.39, 0.29) is 0 Å². The van der Waals surface area contributed by atoms with Gasteiger partial charge in [-0.3, -0.25) is 4.57 Å². The molecular formula is C31H19N3O. The summed E-state index contributed by atoms with van der Waals surface area (Å²) < 4.78 is 10.8. The van der Waals surface area contributed by atoms with Gasteiger partial charge >= 0.3 is 6.01 Å². The Balaban J connectivity index is 1.61. The predicted octanol–water partition coefficient (Wildman–Crippen LogP) is 8.02. The second-order valence-corrected chi connectivity index (χ2v) is 8.86. The van der Waals surface area contributed by atoms with Crippen molar-refractivity contribution < 1.29 is 4.42 Å². The van der Waals surface area contributed by atoms with Crippen molar-refractivity contribution in [1.82, 2.24) is 14.1 Å². The molecule has 0 atom stereocenters. The van der Waals surface area contributed by atoms with Crippen LogP contribution in [0.4, 0.5) is 0 Å². The average molecular weight is 450 g/mol. The first kappa shape index (κ1) is 18.6. The normalized spacial score (nSPS) is 12.0. The highest BCUT2D eigenvalue weighted by Crippen LogP contribution is 2.41. The number of para-hydroxylation sites is 5. The molecule has 0 N–H and O–H groups in total. The molecule has 0 fully saturated rings. The van der Waals surface area contributed by atoms with Crippen LogP contribution < -0.4 is 0 Å². The summed E-state index contributed by atoms with van der Waals surface area (Å²) in [5.74, 6) is 0. The van der Waals surface area contributed by atoms with Gasteiger partial charge in [-0.15, -0.1) is 0 Å². The summed E-state index contributed by atoms with van der Waals surface area (Å²) in [5.41, 5.74) is 7.32. The Bertz CT molecular complexity index is 2030. The van der Waals surface area contributed by atoms with Gasteiger partial charge in [-0.25, -0.2) is 0 Å².